The highest BCUT2D eigenvalue weighted by atomic mass is 16.5. The van der Waals surface area contributed by atoms with Crippen LogP contribution in [-0.4, -0.2) is 47.2 Å². The van der Waals surface area contributed by atoms with Crippen LogP contribution < -0.4 is 26.9 Å². The average molecular weight is 489 g/mol. The zero-order valence-corrected chi connectivity index (χ0v) is 20.4. The molecule has 0 fully saturated rings. The van der Waals surface area contributed by atoms with E-state index < -0.39 is 6.09 Å². The first-order valence-corrected chi connectivity index (χ1v) is 11.2. The Morgan fingerprint density at radius 3 is 2.64 bits per heavy atom. The van der Waals surface area contributed by atoms with E-state index in [0.29, 0.717) is 41.9 Å². The molecule has 1 heterocycles. The van der Waals surface area contributed by atoms with Crippen LogP contribution in [0.1, 0.15) is 22.8 Å². The van der Waals surface area contributed by atoms with Crippen molar-refractivity contribution in [1.82, 2.24) is 25.2 Å². The molecule has 0 spiro atoms. The number of nitrogens with one attached hydrogen (secondary N) is 4. The number of ether oxygens (including phenoxy) is 1. The highest BCUT2D eigenvalue weighted by Crippen LogP contribution is 2.19. The topological polar surface area (TPSA) is 135 Å². The van der Waals surface area contributed by atoms with Gasteiger partial charge in [0.2, 0.25) is 17.5 Å². The van der Waals surface area contributed by atoms with Gasteiger partial charge in [-0.1, -0.05) is 36.9 Å². The summed E-state index contributed by atoms with van der Waals surface area (Å²) in [4.78, 5) is 37.2. The minimum absolute atomic E-state index is 0.154. The number of carbonyl (C=O) groups is 2. The third-order valence-electron chi connectivity index (χ3n) is 4.91. The van der Waals surface area contributed by atoms with Crippen molar-refractivity contribution in [3.05, 3.63) is 77.9 Å². The van der Waals surface area contributed by atoms with Gasteiger partial charge in [0.15, 0.2) is 0 Å². The fourth-order valence-electron chi connectivity index (χ4n) is 3.16. The minimum atomic E-state index is -0.511. The number of nitrogens with zero attached hydrogens (tertiary/aromatic N) is 4. The van der Waals surface area contributed by atoms with E-state index in [1.165, 1.54) is 6.08 Å². The first-order valence-electron chi connectivity index (χ1n) is 11.2. The largest absolute Gasteiger partial charge is 0.445 e. The molecule has 0 aliphatic rings. The van der Waals surface area contributed by atoms with Crippen molar-refractivity contribution in [1.29, 1.82) is 0 Å². The molecule has 0 radical (unpaired) electrons. The standard InChI is InChI=1S/C25H28N8O3/c1-5-15-36-25(35)28-16-17-11-13-18(14-12-17)29-22-31-23(27-4)33(6-2)24(32-22)30-20-10-8-7-9-19(20)21(34)26-3/h5,8,10-14H,1,6,15-16H2,2-4H3,(H,26,34)(H,28,35)(H2,27,29,30,31,32). The molecule has 1 aromatic heterocycles. The lowest BCUT2D eigenvalue weighted by Gasteiger charge is -2.16. The molecule has 11 nitrogen and oxygen atoms in total. The summed E-state index contributed by atoms with van der Waals surface area (Å²) in [6.45, 7) is 6.47. The van der Waals surface area contributed by atoms with Gasteiger partial charge in [0.05, 0.1) is 5.69 Å². The number of anilines is 4. The third-order valence-corrected chi connectivity index (χ3v) is 4.91. The van der Waals surface area contributed by atoms with E-state index in [2.05, 4.69) is 54.9 Å². The van der Waals surface area contributed by atoms with Gasteiger partial charge in [-0.3, -0.25) is 14.4 Å². The summed E-state index contributed by atoms with van der Waals surface area (Å²) in [5.41, 5.74) is 2.90. The number of alkyl carbamates (subject to hydrolysis) is 1. The number of hydrogen-bond donors (Lipinski definition) is 4. The molecule has 36 heavy (non-hydrogen) atoms. The van der Waals surface area contributed by atoms with Crippen molar-refractivity contribution in [3.8, 4) is 0 Å². The van der Waals surface area contributed by atoms with Gasteiger partial charge in [0.25, 0.3) is 5.91 Å². The highest BCUT2D eigenvalue weighted by Gasteiger charge is 2.14. The number of rotatable bonds is 10. The van der Waals surface area contributed by atoms with Gasteiger partial charge >= 0.3 is 6.09 Å². The third kappa shape index (κ3) is 6.60. The van der Waals surface area contributed by atoms with Crippen molar-refractivity contribution in [2.24, 2.45) is 4.99 Å². The van der Waals surface area contributed by atoms with Crippen molar-refractivity contribution in [2.45, 2.75) is 20.0 Å². The van der Waals surface area contributed by atoms with E-state index in [-0.39, 0.29) is 12.5 Å². The van der Waals surface area contributed by atoms with Gasteiger partial charge in [-0.2, -0.15) is 9.97 Å². The Morgan fingerprint density at radius 1 is 1.19 bits per heavy atom. The van der Waals surface area contributed by atoms with Gasteiger partial charge in [0.1, 0.15) is 12.2 Å². The van der Waals surface area contributed by atoms with Crippen LogP contribution in [-0.2, 0) is 17.8 Å². The van der Waals surface area contributed by atoms with E-state index in [1.807, 2.05) is 31.2 Å². The molecular formula is C25H28N8O3. The fraction of sp³-hybridized carbons (Fsp3) is 0.240. The number of hydrogen-bond acceptors (Lipinski definition) is 8. The van der Waals surface area contributed by atoms with Crippen LogP contribution >= 0.6 is 0 Å². The Bertz CT molecular complexity index is 1290. The van der Waals surface area contributed by atoms with Crippen LogP contribution in [0.3, 0.4) is 0 Å². The number of aromatic nitrogens is 3. The summed E-state index contributed by atoms with van der Waals surface area (Å²) >= 11 is 0. The maximum absolute atomic E-state index is 12.3. The van der Waals surface area contributed by atoms with Gasteiger partial charge in [-0.15, -0.1) is 0 Å². The number of benzene rings is 1. The van der Waals surface area contributed by atoms with E-state index in [4.69, 9.17) is 4.74 Å². The first kappa shape index (κ1) is 25.8. The van der Waals surface area contributed by atoms with E-state index >= 15 is 0 Å². The van der Waals surface area contributed by atoms with E-state index in [1.54, 1.807) is 30.8 Å². The lowest BCUT2D eigenvalue weighted by Crippen LogP contribution is -2.28. The molecular weight excluding hydrogens is 460 g/mol. The molecule has 0 saturated heterocycles. The van der Waals surface area contributed by atoms with Crippen LogP contribution in [0.25, 0.3) is 0 Å². The molecule has 3 rings (SSSR count). The SMILES string of the molecule is C=CCOC(=O)NCc1ccc(Nc2nc(Nc3ccc#cc3C(=O)NC)n(CC)c(=NC)n2)cc1. The molecule has 0 unspecified atom stereocenters. The summed E-state index contributed by atoms with van der Waals surface area (Å²) in [6, 6.07) is 16.4. The molecule has 11 heteroatoms. The predicted molar refractivity (Wildman–Crippen MR) is 136 cm³/mol. The molecule has 0 aliphatic carbocycles. The monoisotopic (exact) mass is 488 g/mol. The van der Waals surface area contributed by atoms with Gasteiger partial charge in [-0.25, -0.2) is 4.79 Å². The molecule has 186 valence electrons. The maximum Gasteiger partial charge on any atom is 0.407 e. The molecule has 0 atom stereocenters. The molecule has 4 N–H and O–H groups in total. The Kier molecular flexibility index (Phi) is 9.00. The average Bonchev–Trinajstić information content (AvgIpc) is 2.91. The molecule has 2 aromatic carbocycles. The smallest absolute Gasteiger partial charge is 0.407 e. The van der Waals surface area contributed by atoms with Crippen LogP contribution in [0.4, 0.5) is 28.1 Å². The molecule has 0 saturated carbocycles. The van der Waals surface area contributed by atoms with Crippen LogP contribution in [0, 0.1) is 12.1 Å². The van der Waals surface area contributed by atoms with Gasteiger partial charge in [-0.05, 0) is 36.8 Å². The van der Waals surface area contributed by atoms with Crippen molar-refractivity contribution in [3.63, 3.8) is 0 Å². The van der Waals surface area contributed by atoms with Crippen molar-refractivity contribution >= 4 is 35.3 Å². The second kappa shape index (κ2) is 12.6. The van der Waals surface area contributed by atoms with Crippen LogP contribution in [0.15, 0.2) is 54.0 Å². The molecule has 3 aromatic rings. The van der Waals surface area contributed by atoms with E-state index in [9.17, 15) is 9.59 Å². The second-order valence-electron chi connectivity index (χ2n) is 7.30. The maximum atomic E-state index is 12.3. The Morgan fingerprint density at radius 2 is 1.97 bits per heavy atom. The Labute approximate surface area is 209 Å². The molecule has 2 amide bonds. The van der Waals surface area contributed by atoms with Crippen LogP contribution in [0.2, 0.25) is 0 Å². The summed E-state index contributed by atoms with van der Waals surface area (Å²) < 4.78 is 6.68. The minimum Gasteiger partial charge on any atom is -0.445 e. The van der Waals surface area contributed by atoms with E-state index in [0.717, 1.165) is 11.3 Å². The quantitative estimate of drug-likeness (QED) is 0.322. The molecule has 0 bridgehead atoms. The molecule has 0 aliphatic heterocycles. The Balaban J connectivity index is 1.82. The van der Waals surface area contributed by atoms with Crippen molar-refractivity contribution < 1.29 is 14.3 Å². The highest BCUT2D eigenvalue weighted by molar-refractivity contribution is 5.99. The first-order chi connectivity index (χ1) is 17.5. The summed E-state index contributed by atoms with van der Waals surface area (Å²) in [5, 5.41) is 11.6. The number of carbonyl (C=O) groups excluding carboxylic acids is 2. The van der Waals surface area contributed by atoms with Crippen LogP contribution in [0.5, 0.6) is 0 Å². The lowest BCUT2D eigenvalue weighted by molar-refractivity contribution is 0.0964. The zero-order chi connectivity index (χ0) is 25.9. The van der Waals surface area contributed by atoms with Crippen molar-refractivity contribution in [2.75, 3.05) is 31.3 Å². The summed E-state index contributed by atoms with van der Waals surface area (Å²) in [7, 11) is 3.20. The van der Waals surface area contributed by atoms with Gasteiger partial charge < -0.3 is 26.0 Å². The normalized spacial score (nSPS) is 10.7. The zero-order valence-electron chi connectivity index (χ0n) is 20.4. The van der Waals surface area contributed by atoms with Gasteiger partial charge in [0, 0.05) is 32.9 Å². The predicted octanol–water partition coefficient (Wildman–Crippen LogP) is 2.69. The lowest BCUT2D eigenvalue weighted by atomic mass is 10.2. The second-order valence-corrected chi connectivity index (χ2v) is 7.30. The summed E-state index contributed by atoms with van der Waals surface area (Å²) in [5.74, 6) is 0.461. The fourth-order valence-corrected chi connectivity index (χ4v) is 3.16. The summed E-state index contributed by atoms with van der Waals surface area (Å²) in [6.07, 6.45) is 0.993. The Hall–Kier alpha value is -4.85. The number of amides is 2.